The number of esters is 1. The van der Waals surface area contributed by atoms with Gasteiger partial charge in [0.2, 0.25) is 15.9 Å². The van der Waals surface area contributed by atoms with Crippen molar-refractivity contribution in [3.8, 4) is 0 Å². The molecule has 0 atom stereocenters. The van der Waals surface area contributed by atoms with Gasteiger partial charge in [0.25, 0.3) is 0 Å². The molecule has 29 heavy (non-hydrogen) atoms. The van der Waals surface area contributed by atoms with E-state index >= 15 is 0 Å². The Balaban J connectivity index is 1.89. The minimum Gasteiger partial charge on any atom is -0.465 e. The number of amides is 1. The van der Waals surface area contributed by atoms with Crippen LogP contribution < -0.4 is 9.62 Å². The summed E-state index contributed by atoms with van der Waals surface area (Å²) in [5.74, 6) is -1.14. The summed E-state index contributed by atoms with van der Waals surface area (Å²) in [6.07, 6.45) is 3.47. The Morgan fingerprint density at radius 3 is 2.66 bits per heavy atom. The van der Waals surface area contributed by atoms with E-state index in [1.54, 1.807) is 0 Å². The molecule has 0 aliphatic heterocycles. The van der Waals surface area contributed by atoms with Gasteiger partial charge in [-0.25, -0.2) is 13.2 Å². The molecule has 1 heterocycles. The van der Waals surface area contributed by atoms with Crippen molar-refractivity contribution in [1.82, 2.24) is 0 Å². The topological polar surface area (TPSA) is 92.8 Å². The molecule has 0 spiro atoms. The maximum absolute atomic E-state index is 12.7. The van der Waals surface area contributed by atoms with Gasteiger partial charge in [-0.15, -0.1) is 11.3 Å². The number of thiophene rings is 1. The molecule has 3 rings (SSSR count). The molecule has 1 aliphatic carbocycles. The summed E-state index contributed by atoms with van der Waals surface area (Å²) >= 11 is 13.4. The number of fused-ring (bicyclic) bond motifs is 1. The SMILES string of the molecule is COC(=O)c1c(NC(=O)CN(c2cc(Cl)ccc2Cl)S(C)(=O)=O)sc2c1CCC2. The van der Waals surface area contributed by atoms with Gasteiger partial charge in [-0.3, -0.25) is 9.10 Å². The molecule has 2 aromatic rings. The molecule has 0 fully saturated rings. The molecule has 1 amide bonds. The molecule has 0 radical (unpaired) electrons. The molecular formula is C18H18Cl2N2O5S2. The summed E-state index contributed by atoms with van der Waals surface area (Å²) in [4.78, 5) is 25.9. The van der Waals surface area contributed by atoms with E-state index in [-0.39, 0.29) is 15.7 Å². The van der Waals surface area contributed by atoms with Crippen LogP contribution in [0.4, 0.5) is 10.7 Å². The summed E-state index contributed by atoms with van der Waals surface area (Å²) in [6, 6.07) is 4.34. The second kappa shape index (κ2) is 8.51. The fourth-order valence-electron chi connectivity index (χ4n) is 3.16. The zero-order chi connectivity index (χ0) is 21.3. The first-order valence-corrected chi connectivity index (χ1v) is 12.0. The lowest BCUT2D eigenvalue weighted by Crippen LogP contribution is -2.37. The number of carbonyl (C=O) groups excluding carboxylic acids is 2. The monoisotopic (exact) mass is 476 g/mol. The Bertz CT molecular complexity index is 1080. The maximum Gasteiger partial charge on any atom is 0.341 e. The van der Waals surface area contributed by atoms with Gasteiger partial charge in [0.05, 0.1) is 29.6 Å². The molecule has 11 heteroatoms. The first kappa shape index (κ1) is 21.9. The van der Waals surface area contributed by atoms with Crippen LogP contribution in [0.25, 0.3) is 0 Å². The Morgan fingerprint density at radius 1 is 1.28 bits per heavy atom. The Labute approximate surface area is 182 Å². The van der Waals surface area contributed by atoms with Crippen molar-refractivity contribution in [2.45, 2.75) is 19.3 Å². The summed E-state index contributed by atoms with van der Waals surface area (Å²) in [7, 11) is -2.55. The smallest absolute Gasteiger partial charge is 0.341 e. The van der Waals surface area contributed by atoms with Gasteiger partial charge in [0.1, 0.15) is 11.5 Å². The zero-order valence-corrected chi connectivity index (χ0v) is 18.8. The fourth-order valence-corrected chi connectivity index (χ4v) is 5.75. The van der Waals surface area contributed by atoms with Crippen LogP contribution in [0.3, 0.4) is 0 Å². The first-order chi connectivity index (χ1) is 13.6. The highest BCUT2D eigenvalue weighted by Gasteiger charge is 2.29. The third-order valence-electron chi connectivity index (χ3n) is 4.43. The van der Waals surface area contributed by atoms with Crippen LogP contribution in [0.15, 0.2) is 18.2 Å². The molecule has 1 N–H and O–H groups in total. The minimum atomic E-state index is -3.83. The number of anilines is 2. The number of carbonyl (C=O) groups is 2. The normalized spacial score (nSPS) is 13.1. The number of benzene rings is 1. The lowest BCUT2D eigenvalue weighted by atomic mass is 10.1. The molecule has 1 aliphatic rings. The first-order valence-electron chi connectivity index (χ1n) is 8.57. The molecule has 0 unspecified atom stereocenters. The van der Waals surface area contributed by atoms with Crippen molar-refractivity contribution >= 4 is 67.1 Å². The van der Waals surface area contributed by atoms with E-state index in [9.17, 15) is 18.0 Å². The Kier molecular flexibility index (Phi) is 6.42. The van der Waals surface area contributed by atoms with Crippen molar-refractivity contribution in [1.29, 1.82) is 0 Å². The average Bonchev–Trinajstić information content (AvgIpc) is 3.21. The van der Waals surface area contributed by atoms with Crippen molar-refractivity contribution in [2.24, 2.45) is 0 Å². The average molecular weight is 477 g/mol. The summed E-state index contributed by atoms with van der Waals surface area (Å²) in [6.45, 7) is -0.526. The van der Waals surface area contributed by atoms with Gasteiger partial charge in [-0.1, -0.05) is 23.2 Å². The highest BCUT2D eigenvalue weighted by Crippen LogP contribution is 2.39. The van der Waals surface area contributed by atoms with Crippen molar-refractivity contribution in [3.63, 3.8) is 0 Å². The molecule has 1 aromatic heterocycles. The van der Waals surface area contributed by atoms with Crippen LogP contribution in [-0.4, -0.2) is 40.2 Å². The highest BCUT2D eigenvalue weighted by atomic mass is 35.5. The number of rotatable bonds is 6. The number of ether oxygens (including phenoxy) is 1. The van der Waals surface area contributed by atoms with E-state index < -0.39 is 28.4 Å². The number of methoxy groups -OCH3 is 1. The predicted octanol–water partition coefficient (Wildman–Crippen LogP) is 3.73. The second-order valence-corrected chi connectivity index (χ2v) is 10.3. The van der Waals surface area contributed by atoms with Crippen molar-refractivity contribution < 1.29 is 22.7 Å². The van der Waals surface area contributed by atoms with Gasteiger partial charge >= 0.3 is 5.97 Å². The number of hydrogen-bond donors (Lipinski definition) is 1. The van der Waals surface area contributed by atoms with E-state index in [1.165, 1.54) is 36.6 Å². The summed E-state index contributed by atoms with van der Waals surface area (Å²) < 4.78 is 30.3. The van der Waals surface area contributed by atoms with E-state index in [0.29, 0.717) is 10.6 Å². The zero-order valence-electron chi connectivity index (χ0n) is 15.6. The largest absolute Gasteiger partial charge is 0.465 e. The summed E-state index contributed by atoms with van der Waals surface area (Å²) in [5, 5.41) is 3.43. The number of nitrogens with zero attached hydrogens (tertiary/aromatic N) is 1. The predicted molar refractivity (Wildman–Crippen MR) is 115 cm³/mol. The second-order valence-electron chi connectivity index (χ2n) is 6.47. The number of hydrogen-bond acceptors (Lipinski definition) is 6. The number of nitrogens with one attached hydrogen (secondary N) is 1. The lowest BCUT2D eigenvalue weighted by molar-refractivity contribution is -0.114. The Morgan fingerprint density at radius 2 is 2.00 bits per heavy atom. The van der Waals surface area contributed by atoms with Gasteiger partial charge in [-0.05, 0) is 43.0 Å². The molecule has 156 valence electrons. The van der Waals surface area contributed by atoms with Gasteiger partial charge in [0.15, 0.2) is 0 Å². The lowest BCUT2D eigenvalue weighted by Gasteiger charge is -2.23. The Hall–Kier alpha value is -1.81. The molecule has 7 nitrogen and oxygen atoms in total. The molecule has 0 bridgehead atoms. The summed E-state index contributed by atoms with van der Waals surface area (Å²) in [5.41, 5.74) is 1.32. The molecular weight excluding hydrogens is 459 g/mol. The highest BCUT2D eigenvalue weighted by molar-refractivity contribution is 7.92. The standard InChI is InChI=1S/C18H18Cl2N2O5S2/c1-27-18(24)16-11-4-3-5-14(11)28-17(16)21-15(23)9-22(29(2,25)26)13-8-10(19)6-7-12(13)20/h6-8H,3-5,9H2,1-2H3,(H,21,23). The van der Waals surface area contributed by atoms with Crippen LogP contribution in [0.2, 0.25) is 10.0 Å². The quantitative estimate of drug-likeness (QED) is 0.640. The molecule has 0 saturated heterocycles. The van der Waals surface area contributed by atoms with Gasteiger partial charge < -0.3 is 10.1 Å². The van der Waals surface area contributed by atoms with E-state index in [1.807, 2.05) is 0 Å². The van der Waals surface area contributed by atoms with Gasteiger partial charge in [0, 0.05) is 9.90 Å². The van der Waals surface area contributed by atoms with Gasteiger partial charge in [-0.2, -0.15) is 0 Å². The van der Waals surface area contributed by atoms with Crippen LogP contribution in [0, 0.1) is 0 Å². The number of halogens is 2. The molecule has 1 aromatic carbocycles. The van der Waals surface area contributed by atoms with Crippen molar-refractivity contribution in [3.05, 3.63) is 44.2 Å². The number of aryl methyl sites for hydroxylation is 1. The van der Waals surface area contributed by atoms with Crippen LogP contribution in [-0.2, 0) is 32.4 Å². The van der Waals surface area contributed by atoms with Crippen LogP contribution in [0.1, 0.15) is 27.2 Å². The minimum absolute atomic E-state index is 0.0960. The van der Waals surface area contributed by atoms with E-state index in [0.717, 1.165) is 40.3 Å². The third-order valence-corrected chi connectivity index (χ3v) is 7.32. The fraction of sp³-hybridized carbons (Fsp3) is 0.333. The van der Waals surface area contributed by atoms with Crippen LogP contribution in [0.5, 0.6) is 0 Å². The molecule has 0 saturated carbocycles. The van der Waals surface area contributed by atoms with Crippen molar-refractivity contribution in [2.75, 3.05) is 29.5 Å². The van der Waals surface area contributed by atoms with E-state index in [4.69, 9.17) is 27.9 Å². The maximum atomic E-state index is 12.7. The van der Waals surface area contributed by atoms with Crippen LogP contribution >= 0.6 is 34.5 Å². The third kappa shape index (κ3) is 4.69. The number of sulfonamides is 1. The van der Waals surface area contributed by atoms with E-state index in [2.05, 4.69) is 5.32 Å².